The smallest absolute Gasteiger partial charge is 0.264 e. The summed E-state index contributed by atoms with van der Waals surface area (Å²) < 4.78 is 42.8. The van der Waals surface area contributed by atoms with Crippen molar-refractivity contribution >= 4 is 27.5 Å². The Hall–Kier alpha value is -4.50. The standard InChI is InChI=1S/C34H36FN3O4S/c1-4-36-34(40)32(22-27-8-6-5-7-9-27)37(23-28-14-10-25(2)11-15-28)33(39)24-38(30-18-16-29(35)17-19-30)43(41,42)31-20-12-26(3)13-21-31/h5-21,32H,4,22-24H2,1-3H3,(H,36,40)/t32-/m0/s1. The summed E-state index contributed by atoms with van der Waals surface area (Å²) in [6.45, 7) is 5.44. The van der Waals surface area contributed by atoms with Crippen LogP contribution in [0.1, 0.15) is 29.2 Å². The molecule has 7 nitrogen and oxygen atoms in total. The van der Waals surface area contributed by atoms with Crippen LogP contribution in [0, 0.1) is 19.7 Å². The van der Waals surface area contributed by atoms with E-state index in [0.717, 1.165) is 38.7 Å². The Labute approximate surface area is 253 Å². The number of benzene rings is 4. The third kappa shape index (κ3) is 8.08. The number of aryl methyl sites for hydroxylation is 2. The molecule has 0 heterocycles. The molecule has 0 saturated heterocycles. The molecule has 4 aromatic rings. The van der Waals surface area contributed by atoms with Gasteiger partial charge >= 0.3 is 0 Å². The number of carbonyl (C=O) groups is 2. The average Bonchev–Trinajstić information content (AvgIpc) is 3.00. The Morgan fingerprint density at radius 3 is 1.95 bits per heavy atom. The third-order valence-corrected chi connectivity index (χ3v) is 8.89. The maximum atomic E-state index is 14.3. The number of amides is 2. The second-order valence-corrected chi connectivity index (χ2v) is 12.3. The molecule has 0 fully saturated rings. The van der Waals surface area contributed by atoms with E-state index >= 15 is 0 Å². The van der Waals surface area contributed by atoms with Crippen molar-refractivity contribution in [2.45, 2.75) is 44.7 Å². The highest BCUT2D eigenvalue weighted by Gasteiger charge is 2.34. The average molecular weight is 602 g/mol. The Balaban J connectivity index is 1.78. The lowest BCUT2D eigenvalue weighted by molar-refractivity contribution is -0.140. The van der Waals surface area contributed by atoms with E-state index in [9.17, 15) is 22.4 Å². The van der Waals surface area contributed by atoms with Crippen LogP contribution >= 0.6 is 0 Å². The Bertz CT molecular complexity index is 1630. The molecule has 0 bridgehead atoms. The summed E-state index contributed by atoms with van der Waals surface area (Å²) in [5, 5.41) is 2.84. The van der Waals surface area contributed by atoms with E-state index in [1.807, 2.05) is 68.4 Å². The first-order valence-corrected chi connectivity index (χ1v) is 15.5. The molecule has 0 radical (unpaired) electrons. The quantitative estimate of drug-likeness (QED) is 0.235. The topological polar surface area (TPSA) is 86.8 Å². The van der Waals surface area contributed by atoms with E-state index in [1.165, 1.54) is 29.2 Å². The maximum absolute atomic E-state index is 14.3. The molecule has 0 saturated carbocycles. The van der Waals surface area contributed by atoms with Gasteiger partial charge < -0.3 is 10.2 Å². The van der Waals surface area contributed by atoms with Gasteiger partial charge in [-0.3, -0.25) is 13.9 Å². The number of nitrogens with one attached hydrogen (secondary N) is 1. The second-order valence-electron chi connectivity index (χ2n) is 10.4. The lowest BCUT2D eigenvalue weighted by atomic mass is 10.0. The van der Waals surface area contributed by atoms with Crippen LogP contribution in [0.5, 0.6) is 0 Å². The summed E-state index contributed by atoms with van der Waals surface area (Å²) in [4.78, 5) is 29.2. The van der Waals surface area contributed by atoms with E-state index in [2.05, 4.69) is 5.32 Å². The fourth-order valence-corrected chi connectivity index (χ4v) is 6.12. The number of hydrogen-bond donors (Lipinski definition) is 1. The van der Waals surface area contributed by atoms with E-state index < -0.39 is 34.3 Å². The fraction of sp³-hybridized carbons (Fsp3) is 0.235. The number of hydrogen-bond acceptors (Lipinski definition) is 4. The molecule has 0 aliphatic carbocycles. The van der Waals surface area contributed by atoms with E-state index in [0.29, 0.717) is 6.54 Å². The van der Waals surface area contributed by atoms with Crippen LogP contribution in [0.15, 0.2) is 108 Å². The summed E-state index contributed by atoms with van der Waals surface area (Å²) >= 11 is 0. The molecule has 43 heavy (non-hydrogen) atoms. The van der Waals surface area contributed by atoms with Crippen LogP contribution in [0.4, 0.5) is 10.1 Å². The Kier molecular flexibility index (Phi) is 10.3. The van der Waals surface area contributed by atoms with Crippen molar-refractivity contribution in [1.82, 2.24) is 10.2 Å². The fourth-order valence-electron chi connectivity index (χ4n) is 4.71. The Morgan fingerprint density at radius 2 is 1.37 bits per heavy atom. The van der Waals surface area contributed by atoms with Gasteiger partial charge in [0.25, 0.3) is 10.0 Å². The minimum absolute atomic E-state index is 0.00938. The van der Waals surface area contributed by atoms with Crippen molar-refractivity contribution in [3.63, 3.8) is 0 Å². The third-order valence-electron chi connectivity index (χ3n) is 7.10. The zero-order chi connectivity index (χ0) is 31.0. The minimum atomic E-state index is -4.24. The highest BCUT2D eigenvalue weighted by Crippen LogP contribution is 2.26. The summed E-state index contributed by atoms with van der Waals surface area (Å²) in [6.07, 6.45) is 0.228. The SMILES string of the molecule is CCNC(=O)[C@H](Cc1ccccc1)N(Cc1ccc(C)cc1)C(=O)CN(c1ccc(F)cc1)S(=O)(=O)c1ccc(C)cc1. The van der Waals surface area contributed by atoms with Crippen molar-refractivity contribution in [1.29, 1.82) is 0 Å². The first kappa shape index (κ1) is 31.4. The molecular weight excluding hydrogens is 565 g/mol. The molecule has 2 amide bonds. The number of halogens is 1. The van der Waals surface area contributed by atoms with Gasteiger partial charge in [0.05, 0.1) is 10.6 Å². The zero-order valence-electron chi connectivity index (χ0n) is 24.5. The van der Waals surface area contributed by atoms with E-state index in [1.54, 1.807) is 19.1 Å². The highest BCUT2D eigenvalue weighted by molar-refractivity contribution is 7.92. The largest absolute Gasteiger partial charge is 0.355 e. The van der Waals surface area contributed by atoms with Crippen LogP contribution in [0.3, 0.4) is 0 Å². The normalized spacial score (nSPS) is 11.9. The van der Waals surface area contributed by atoms with Gasteiger partial charge in [-0.2, -0.15) is 0 Å². The molecule has 0 spiro atoms. The molecule has 0 aliphatic rings. The van der Waals surface area contributed by atoms with Crippen LogP contribution in [0.2, 0.25) is 0 Å². The van der Waals surface area contributed by atoms with Gasteiger partial charge in [0.1, 0.15) is 18.4 Å². The molecule has 0 aromatic heterocycles. The molecule has 0 aliphatic heterocycles. The first-order chi connectivity index (χ1) is 20.6. The number of rotatable bonds is 12. The predicted molar refractivity (Wildman–Crippen MR) is 166 cm³/mol. The van der Waals surface area contributed by atoms with E-state index in [4.69, 9.17) is 0 Å². The predicted octanol–water partition coefficient (Wildman–Crippen LogP) is 5.41. The van der Waals surface area contributed by atoms with Gasteiger partial charge in [0.15, 0.2) is 0 Å². The van der Waals surface area contributed by atoms with Gasteiger partial charge in [-0.25, -0.2) is 12.8 Å². The number of anilines is 1. The molecule has 1 N–H and O–H groups in total. The molecule has 9 heteroatoms. The number of sulfonamides is 1. The van der Waals surface area contributed by atoms with Crippen LogP contribution in [0.25, 0.3) is 0 Å². The maximum Gasteiger partial charge on any atom is 0.264 e. The van der Waals surface area contributed by atoms with Gasteiger partial charge in [-0.05, 0) is 68.3 Å². The van der Waals surface area contributed by atoms with Crippen molar-refractivity contribution in [2.75, 3.05) is 17.4 Å². The van der Waals surface area contributed by atoms with Crippen LogP contribution in [-0.4, -0.2) is 44.3 Å². The van der Waals surface area contributed by atoms with Gasteiger partial charge in [0, 0.05) is 19.5 Å². The summed E-state index contributed by atoms with van der Waals surface area (Å²) in [5.74, 6) is -1.46. The van der Waals surface area contributed by atoms with Gasteiger partial charge in [-0.15, -0.1) is 0 Å². The molecule has 224 valence electrons. The van der Waals surface area contributed by atoms with Gasteiger partial charge in [-0.1, -0.05) is 77.9 Å². The van der Waals surface area contributed by atoms with Gasteiger partial charge in [0.2, 0.25) is 11.8 Å². The van der Waals surface area contributed by atoms with Crippen LogP contribution in [-0.2, 0) is 32.6 Å². The lowest BCUT2D eigenvalue weighted by Gasteiger charge is -2.33. The molecule has 1 atom stereocenters. The van der Waals surface area contributed by atoms with Crippen molar-refractivity contribution in [2.24, 2.45) is 0 Å². The minimum Gasteiger partial charge on any atom is -0.355 e. The highest BCUT2D eigenvalue weighted by atomic mass is 32.2. The zero-order valence-corrected chi connectivity index (χ0v) is 25.4. The number of likely N-dealkylation sites (N-methyl/N-ethyl adjacent to an activating group) is 1. The first-order valence-electron chi connectivity index (χ1n) is 14.1. The number of carbonyl (C=O) groups excluding carboxylic acids is 2. The van der Waals surface area contributed by atoms with Crippen LogP contribution < -0.4 is 9.62 Å². The number of nitrogens with zero attached hydrogens (tertiary/aromatic N) is 2. The van der Waals surface area contributed by atoms with Crippen molar-refractivity contribution in [3.8, 4) is 0 Å². The Morgan fingerprint density at radius 1 is 0.791 bits per heavy atom. The molecule has 4 aromatic carbocycles. The second kappa shape index (κ2) is 14.1. The van der Waals surface area contributed by atoms with E-state index in [-0.39, 0.29) is 29.5 Å². The molecule has 4 rings (SSSR count). The summed E-state index contributed by atoms with van der Waals surface area (Å²) in [6, 6.07) is 27.3. The molecule has 0 unspecified atom stereocenters. The summed E-state index contributed by atoms with van der Waals surface area (Å²) in [7, 11) is -4.24. The van der Waals surface area contributed by atoms with Crippen molar-refractivity contribution in [3.05, 3.63) is 131 Å². The molecular formula is C34H36FN3O4S. The monoisotopic (exact) mass is 601 g/mol. The van der Waals surface area contributed by atoms with Crippen molar-refractivity contribution < 1.29 is 22.4 Å². The lowest BCUT2D eigenvalue weighted by Crippen LogP contribution is -2.53. The summed E-state index contributed by atoms with van der Waals surface area (Å²) in [5.41, 5.74) is 3.68.